The lowest BCUT2D eigenvalue weighted by molar-refractivity contribution is -0.127. The first-order chi connectivity index (χ1) is 9.31. The van der Waals surface area contributed by atoms with Gasteiger partial charge in [-0.1, -0.05) is 41.0 Å². The lowest BCUT2D eigenvalue weighted by Gasteiger charge is -2.39. The smallest absolute Gasteiger partial charge is 0.224 e. The normalized spacial score (nSPS) is 25.6. The predicted molar refractivity (Wildman–Crippen MR) is 85.3 cm³/mol. The second-order valence-corrected chi connectivity index (χ2v) is 7.49. The highest BCUT2D eigenvalue weighted by Crippen LogP contribution is 2.40. The van der Waals surface area contributed by atoms with E-state index in [1.54, 1.807) is 0 Å². The summed E-state index contributed by atoms with van der Waals surface area (Å²) in [7, 11) is 0. The van der Waals surface area contributed by atoms with E-state index in [1.807, 2.05) is 0 Å². The van der Waals surface area contributed by atoms with Gasteiger partial charge in [-0.3, -0.25) is 4.79 Å². The van der Waals surface area contributed by atoms with Crippen LogP contribution in [-0.4, -0.2) is 18.5 Å². The predicted octanol–water partition coefficient (Wildman–Crippen LogP) is 3.33. The van der Waals surface area contributed by atoms with Crippen molar-refractivity contribution in [2.45, 2.75) is 72.8 Å². The maximum atomic E-state index is 12.2. The molecule has 118 valence electrons. The summed E-state index contributed by atoms with van der Waals surface area (Å²) in [5, 5.41) is 3.22. The molecule has 3 nitrogen and oxygen atoms in total. The highest BCUT2D eigenvalue weighted by molar-refractivity contribution is 5.79. The molecule has 3 heteroatoms. The van der Waals surface area contributed by atoms with Crippen molar-refractivity contribution in [3.63, 3.8) is 0 Å². The van der Waals surface area contributed by atoms with Crippen LogP contribution < -0.4 is 11.1 Å². The summed E-state index contributed by atoms with van der Waals surface area (Å²) in [4.78, 5) is 12.2. The molecule has 0 aromatic heterocycles. The van der Waals surface area contributed by atoms with E-state index in [2.05, 4.69) is 39.9 Å². The third kappa shape index (κ3) is 4.47. The van der Waals surface area contributed by atoms with Gasteiger partial charge in [0, 0.05) is 12.6 Å². The molecular weight excluding hydrogens is 248 g/mol. The van der Waals surface area contributed by atoms with E-state index in [0.717, 1.165) is 18.8 Å². The fourth-order valence-electron chi connectivity index (χ4n) is 3.30. The number of carbonyl (C=O) groups is 1. The number of carbonyl (C=O) groups excluding carboxylic acids is 1. The average Bonchev–Trinajstić information content (AvgIpc) is 2.39. The van der Waals surface area contributed by atoms with Crippen molar-refractivity contribution in [3.8, 4) is 0 Å². The summed E-state index contributed by atoms with van der Waals surface area (Å²) in [5.74, 6) is 1.23. The maximum Gasteiger partial charge on any atom is 0.224 e. The Morgan fingerprint density at radius 1 is 1.25 bits per heavy atom. The molecule has 0 spiro atoms. The van der Waals surface area contributed by atoms with Gasteiger partial charge in [0.25, 0.3) is 0 Å². The molecule has 0 bridgehead atoms. The van der Waals surface area contributed by atoms with Crippen LogP contribution in [0.15, 0.2) is 0 Å². The molecule has 20 heavy (non-hydrogen) atoms. The molecule has 1 amide bonds. The largest absolute Gasteiger partial charge is 0.353 e. The standard InChI is InChI=1S/C17H34N2O/c1-6-17(4,5)13-7-9-14(10-8-13)19-16(20)15(11-18)12(2)3/h12-15H,6-11,18H2,1-5H3,(H,19,20). The van der Waals surface area contributed by atoms with Gasteiger partial charge in [-0.05, 0) is 42.9 Å². The Labute approximate surface area is 125 Å². The van der Waals surface area contributed by atoms with E-state index in [1.165, 1.54) is 19.3 Å². The third-order valence-corrected chi connectivity index (χ3v) is 5.49. The second kappa shape index (κ2) is 7.44. The molecule has 1 aliphatic rings. The van der Waals surface area contributed by atoms with Crippen molar-refractivity contribution in [1.29, 1.82) is 0 Å². The minimum absolute atomic E-state index is 0.0418. The highest BCUT2D eigenvalue weighted by atomic mass is 16.2. The van der Waals surface area contributed by atoms with Gasteiger partial charge in [0.05, 0.1) is 5.92 Å². The number of hydrogen-bond acceptors (Lipinski definition) is 2. The van der Waals surface area contributed by atoms with Gasteiger partial charge in [-0.25, -0.2) is 0 Å². The van der Waals surface area contributed by atoms with Crippen molar-refractivity contribution < 1.29 is 4.79 Å². The summed E-state index contributed by atoms with van der Waals surface area (Å²) in [6.07, 6.45) is 5.95. The van der Waals surface area contributed by atoms with Gasteiger partial charge < -0.3 is 11.1 Å². The van der Waals surface area contributed by atoms with E-state index < -0.39 is 0 Å². The Hall–Kier alpha value is -0.570. The molecule has 0 saturated heterocycles. The molecule has 1 saturated carbocycles. The Morgan fingerprint density at radius 3 is 2.20 bits per heavy atom. The van der Waals surface area contributed by atoms with Gasteiger partial charge in [0.15, 0.2) is 0 Å². The quantitative estimate of drug-likeness (QED) is 0.785. The molecule has 1 aliphatic carbocycles. The molecule has 1 atom stereocenters. The Kier molecular flexibility index (Phi) is 6.50. The summed E-state index contributed by atoms with van der Waals surface area (Å²) >= 11 is 0. The van der Waals surface area contributed by atoms with Crippen LogP contribution >= 0.6 is 0 Å². The molecule has 0 heterocycles. The van der Waals surface area contributed by atoms with Gasteiger partial charge in [0.1, 0.15) is 0 Å². The van der Waals surface area contributed by atoms with Crippen LogP contribution in [0.3, 0.4) is 0 Å². The van der Waals surface area contributed by atoms with Crippen molar-refractivity contribution in [2.24, 2.45) is 28.9 Å². The highest BCUT2D eigenvalue weighted by Gasteiger charge is 2.33. The average molecular weight is 282 g/mol. The summed E-state index contributed by atoms with van der Waals surface area (Å²) in [6, 6.07) is 0.360. The molecular formula is C17H34N2O. The minimum atomic E-state index is -0.0418. The van der Waals surface area contributed by atoms with E-state index in [-0.39, 0.29) is 11.8 Å². The monoisotopic (exact) mass is 282 g/mol. The van der Waals surface area contributed by atoms with Crippen LogP contribution in [0.4, 0.5) is 0 Å². The zero-order valence-electron chi connectivity index (χ0n) is 14.0. The van der Waals surface area contributed by atoms with E-state index in [0.29, 0.717) is 23.9 Å². The van der Waals surface area contributed by atoms with Crippen LogP contribution in [0, 0.1) is 23.2 Å². The molecule has 0 aromatic rings. The maximum absolute atomic E-state index is 12.2. The second-order valence-electron chi connectivity index (χ2n) is 7.49. The number of nitrogens with two attached hydrogens (primary N) is 1. The van der Waals surface area contributed by atoms with Gasteiger partial charge >= 0.3 is 0 Å². The Bertz CT molecular complexity index is 304. The number of hydrogen-bond donors (Lipinski definition) is 2. The molecule has 0 aliphatic heterocycles. The molecule has 0 radical (unpaired) electrons. The van der Waals surface area contributed by atoms with Crippen LogP contribution in [0.5, 0.6) is 0 Å². The Morgan fingerprint density at radius 2 is 1.80 bits per heavy atom. The fraction of sp³-hybridized carbons (Fsp3) is 0.941. The van der Waals surface area contributed by atoms with Crippen molar-refractivity contribution >= 4 is 5.91 Å². The van der Waals surface area contributed by atoms with E-state index in [9.17, 15) is 4.79 Å². The first-order valence-electron chi connectivity index (χ1n) is 8.32. The zero-order chi connectivity index (χ0) is 15.3. The topological polar surface area (TPSA) is 55.1 Å². The van der Waals surface area contributed by atoms with Crippen molar-refractivity contribution in [1.82, 2.24) is 5.32 Å². The molecule has 1 unspecified atom stereocenters. The van der Waals surface area contributed by atoms with Gasteiger partial charge in [0.2, 0.25) is 5.91 Å². The van der Waals surface area contributed by atoms with Crippen LogP contribution in [0.1, 0.15) is 66.7 Å². The lowest BCUT2D eigenvalue weighted by atomic mass is 9.69. The summed E-state index contributed by atoms with van der Waals surface area (Å²) in [6.45, 7) is 11.6. The van der Waals surface area contributed by atoms with E-state index >= 15 is 0 Å². The van der Waals surface area contributed by atoms with Gasteiger partial charge in [-0.2, -0.15) is 0 Å². The first kappa shape index (κ1) is 17.5. The van der Waals surface area contributed by atoms with E-state index in [4.69, 9.17) is 5.73 Å². The number of amides is 1. The lowest BCUT2D eigenvalue weighted by Crippen LogP contribution is -2.45. The number of nitrogens with one attached hydrogen (secondary N) is 1. The first-order valence-corrected chi connectivity index (χ1v) is 8.32. The van der Waals surface area contributed by atoms with Crippen molar-refractivity contribution in [3.05, 3.63) is 0 Å². The van der Waals surface area contributed by atoms with Gasteiger partial charge in [-0.15, -0.1) is 0 Å². The molecule has 1 rings (SSSR count). The molecule has 0 aromatic carbocycles. The third-order valence-electron chi connectivity index (χ3n) is 5.49. The molecule has 1 fully saturated rings. The Balaban J connectivity index is 2.45. The molecule has 3 N–H and O–H groups in total. The zero-order valence-corrected chi connectivity index (χ0v) is 14.0. The summed E-state index contributed by atoms with van der Waals surface area (Å²) < 4.78 is 0. The fourth-order valence-corrected chi connectivity index (χ4v) is 3.30. The number of rotatable bonds is 6. The van der Waals surface area contributed by atoms with Crippen LogP contribution in [0.2, 0.25) is 0 Å². The SMILES string of the molecule is CCC(C)(C)C1CCC(NC(=O)C(CN)C(C)C)CC1. The van der Waals surface area contributed by atoms with Crippen LogP contribution in [0.25, 0.3) is 0 Å². The van der Waals surface area contributed by atoms with Crippen LogP contribution in [-0.2, 0) is 4.79 Å². The minimum Gasteiger partial charge on any atom is -0.353 e. The summed E-state index contributed by atoms with van der Waals surface area (Å²) in [5.41, 5.74) is 6.15. The van der Waals surface area contributed by atoms with Crippen molar-refractivity contribution in [2.75, 3.05) is 6.54 Å².